The van der Waals surface area contributed by atoms with Gasteiger partial charge in [0.1, 0.15) is 28.0 Å². The standard InChI is InChI=1S/C46H26N4O2/c1-3-13-27(14-4-1)41-45-42(32-19-9-12-22-38(32)52-45)48-46(47-41)50-34-20-10-7-18-31(34)39-35(50)26-24-33-40-36(49(43(33)39)28-15-5-2-6-16-28)25-23-30-29-17-8-11-21-37(29)51-44(30)40/h1-26H. The molecule has 0 aliphatic carbocycles. The van der Waals surface area contributed by atoms with E-state index in [4.69, 9.17) is 18.8 Å². The molecule has 0 fully saturated rings. The summed E-state index contributed by atoms with van der Waals surface area (Å²) in [7, 11) is 0. The van der Waals surface area contributed by atoms with Gasteiger partial charge in [-0.2, -0.15) is 0 Å². The van der Waals surface area contributed by atoms with E-state index in [1.165, 1.54) is 0 Å². The minimum absolute atomic E-state index is 0.588. The van der Waals surface area contributed by atoms with Crippen LogP contribution in [0.15, 0.2) is 167 Å². The van der Waals surface area contributed by atoms with Crippen molar-refractivity contribution in [3.05, 3.63) is 158 Å². The lowest BCUT2D eigenvalue weighted by molar-refractivity contribution is 0.666. The molecule has 6 nitrogen and oxygen atoms in total. The van der Waals surface area contributed by atoms with Gasteiger partial charge in [0.05, 0.1) is 27.5 Å². The molecule has 242 valence electrons. The minimum atomic E-state index is 0.588. The van der Waals surface area contributed by atoms with E-state index in [2.05, 4.69) is 118 Å². The third kappa shape index (κ3) is 3.62. The van der Waals surface area contributed by atoms with Gasteiger partial charge in [0.15, 0.2) is 5.58 Å². The maximum absolute atomic E-state index is 6.67. The fraction of sp³-hybridized carbons (Fsp3) is 0. The molecule has 0 bridgehead atoms. The molecule has 7 aromatic carbocycles. The first-order chi connectivity index (χ1) is 25.8. The van der Waals surface area contributed by atoms with Gasteiger partial charge in [0.25, 0.3) is 0 Å². The van der Waals surface area contributed by atoms with Gasteiger partial charge in [-0.1, -0.05) is 97.1 Å². The zero-order valence-corrected chi connectivity index (χ0v) is 27.6. The van der Waals surface area contributed by atoms with Crippen LogP contribution < -0.4 is 0 Å². The quantitative estimate of drug-likeness (QED) is 0.188. The van der Waals surface area contributed by atoms with Crippen molar-refractivity contribution in [2.45, 2.75) is 0 Å². The number of furan rings is 2. The van der Waals surface area contributed by atoms with Crippen molar-refractivity contribution in [1.29, 1.82) is 0 Å². The Morgan fingerprint density at radius 3 is 1.83 bits per heavy atom. The van der Waals surface area contributed by atoms with Crippen LogP contribution in [0.2, 0.25) is 0 Å². The SMILES string of the molecule is c1ccc(-c2nc(-n3c4ccccc4c4c3ccc3c5c6oc7ccccc7c6ccc5n(-c5ccccc5)c34)nc3c2oc2ccccc23)cc1. The van der Waals surface area contributed by atoms with E-state index in [0.29, 0.717) is 11.5 Å². The molecule has 0 spiro atoms. The summed E-state index contributed by atoms with van der Waals surface area (Å²) >= 11 is 0. The summed E-state index contributed by atoms with van der Waals surface area (Å²) in [6.07, 6.45) is 0. The van der Waals surface area contributed by atoms with E-state index in [9.17, 15) is 0 Å². The van der Waals surface area contributed by atoms with Gasteiger partial charge in [-0.25, -0.2) is 9.97 Å². The predicted molar refractivity (Wildman–Crippen MR) is 211 cm³/mol. The lowest BCUT2D eigenvalue weighted by atomic mass is 10.1. The van der Waals surface area contributed by atoms with Crippen LogP contribution in [-0.4, -0.2) is 19.1 Å². The number of hydrogen-bond donors (Lipinski definition) is 0. The summed E-state index contributed by atoms with van der Waals surface area (Å²) < 4.78 is 17.7. The fourth-order valence-corrected chi connectivity index (χ4v) is 8.35. The second kappa shape index (κ2) is 10.2. The van der Waals surface area contributed by atoms with Crippen LogP contribution in [-0.2, 0) is 0 Å². The Morgan fingerprint density at radius 2 is 1.02 bits per heavy atom. The molecular weight excluding hydrogens is 641 g/mol. The van der Waals surface area contributed by atoms with Crippen molar-refractivity contribution in [2.24, 2.45) is 0 Å². The molecule has 0 amide bonds. The third-order valence-corrected chi connectivity index (χ3v) is 10.5. The highest BCUT2D eigenvalue weighted by Gasteiger charge is 2.25. The Morgan fingerprint density at radius 1 is 0.404 bits per heavy atom. The summed E-state index contributed by atoms with van der Waals surface area (Å²) in [5, 5.41) is 7.65. The highest BCUT2D eigenvalue weighted by atomic mass is 16.3. The van der Waals surface area contributed by atoms with Gasteiger partial charge in [-0.3, -0.25) is 4.57 Å². The molecule has 0 atom stereocenters. The summed E-state index contributed by atoms with van der Waals surface area (Å²) in [5.74, 6) is 0.588. The normalized spacial score (nSPS) is 12.2. The lowest BCUT2D eigenvalue weighted by Crippen LogP contribution is -2.03. The summed E-state index contributed by atoms with van der Waals surface area (Å²) in [6, 6.07) is 54.7. The summed E-state index contributed by atoms with van der Waals surface area (Å²) in [5.41, 5.74) is 11.1. The van der Waals surface area contributed by atoms with Crippen LogP contribution in [0.25, 0.3) is 111 Å². The summed E-state index contributed by atoms with van der Waals surface area (Å²) in [4.78, 5) is 10.6. The molecule has 5 aromatic heterocycles. The first-order valence-corrected chi connectivity index (χ1v) is 17.4. The Kier molecular flexibility index (Phi) is 5.41. The van der Waals surface area contributed by atoms with E-state index in [-0.39, 0.29) is 0 Å². The number of nitrogens with zero attached hydrogens (tertiary/aromatic N) is 4. The average molecular weight is 667 g/mol. The van der Waals surface area contributed by atoms with Crippen LogP contribution in [0.3, 0.4) is 0 Å². The first-order valence-electron chi connectivity index (χ1n) is 17.4. The van der Waals surface area contributed by atoms with Gasteiger partial charge >= 0.3 is 0 Å². The smallest absolute Gasteiger partial charge is 0.236 e. The van der Waals surface area contributed by atoms with E-state index < -0.39 is 0 Å². The van der Waals surface area contributed by atoms with Crippen LogP contribution >= 0.6 is 0 Å². The lowest BCUT2D eigenvalue weighted by Gasteiger charge is -2.10. The molecule has 0 radical (unpaired) electrons. The van der Waals surface area contributed by atoms with Gasteiger partial charge in [0.2, 0.25) is 5.95 Å². The van der Waals surface area contributed by atoms with Crippen molar-refractivity contribution in [3.8, 4) is 22.9 Å². The largest absolute Gasteiger partial charge is 0.455 e. The highest BCUT2D eigenvalue weighted by Crippen LogP contribution is 2.45. The molecule has 52 heavy (non-hydrogen) atoms. The molecule has 0 aliphatic heterocycles. The highest BCUT2D eigenvalue weighted by molar-refractivity contribution is 6.31. The van der Waals surface area contributed by atoms with E-state index in [0.717, 1.165) is 99.0 Å². The van der Waals surface area contributed by atoms with Crippen LogP contribution in [0, 0.1) is 0 Å². The molecule has 6 heteroatoms. The van der Waals surface area contributed by atoms with Gasteiger partial charge in [-0.05, 0) is 60.7 Å². The molecule has 0 saturated carbocycles. The average Bonchev–Trinajstić information content (AvgIpc) is 3.95. The zero-order valence-electron chi connectivity index (χ0n) is 27.6. The maximum Gasteiger partial charge on any atom is 0.236 e. The molecule has 0 N–H and O–H groups in total. The van der Waals surface area contributed by atoms with Crippen LogP contribution in [0.5, 0.6) is 0 Å². The molecular formula is C46H26N4O2. The molecule has 12 aromatic rings. The number of para-hydroxylation sites is 4. The molecule has 0 aliphatic rings. The van der Waals surface area contributed by atoms with Crippen molar-refractivity contribution in [3.63, 3.8) is 0 Å². The maximum atomic E-state index is 6.67. The minimum Gasteiger partial charge on any atom is -0.455 e. The zero-order chi connectivity index (χ0) is 33.9. The molecule has 12 rings (SSSR count). The van der Waals surface area contributed by atoms with Crippen LogP contribution in [0.4, 0.5) is 0 Å². The summed E-state index contributed by atoms with van der Waals surface area (Å²) in [6.45, 7) is 0. The number of fused-ring (bicyclic) bond motifs is 14. The third-order valence-electron chi connectivity index (χ3n) is 10.5. The van der Waals surface area contributed by atoms with E-state index in [1.54, 1.807) is 0 Å². The van der Waals surface area contributed by atoms with Gasteiger partial charge in [0, 0.05) is 43.6 Å². The molecule has 5 heterocycles. The van der Waals surface area contributed by atoms with Crippen molar-refractivity contribution in [1.82, 2.24) is 19.1 Å². The monoisotopic (exact) mass is 666 g/mol. The Bertz CT molecular complexity index is 3400. The predicted octanol–water partition coefficient (Wildman–Crippen LogP) is 12.1. The Labute approximate surface area is 295 Å². The number of benzene rings is 7. The number of aromatic nitrogens is 4. The second-order valence-electron chi connectivity index (χ2n) is 13.3. The van der Waals surface area contributed by atoms with Gasteiger partial charge in [-0.15, -0.1) is 0 Å². The van der Waals surface area contributed by atoms with Crippen molar-refractivity contribution >= 4 is 87.6 Å². The molecule has 0 unspecified atom stereocenters. The van der Waals surface area contributed by atoms with Crippen molar-refractivity contribution < 1.29 is 8.83 Å². The van der Waals surface area contributed by atoms with Gasteiger partial charge < -0.3 is 13.4 Å². The number of hydrogen-bond acceptors (Lipinski definition) is 4. The second-order valence-corrected chi connectivity index (χ2v) is 13.3. The van der Waals surface area contributed by atoms with Crippen molar-refractivity contribution in [2.75, 3.05) is 0 Å². The van der Waals surface area contributed by atoms with Crippen LogP contribution in [0.1, 0.15) is 0 Å². The number of rotatable bonds is 3. The van der Waals surface area contributed by atoms with E-state index in [1.807, 2.05) is 48.5 Å². The van der Waals surface area contributed by atoms with E-state index >= 15 is 0 Å². The Balaban J connectivity index is 1.27. The molecule has 0 saturated heterocycles. The fourth-order valence-electron chi connectivity index (χ4n) is 8.35. The topological polar surface area (TPSA) is 61.9 Å². The Hall–Kier alpha value is -7.18. The first kappa shape index (κ1) is 27.6.